The predicted molar refractivity (Wildman–Crippen MR) is 48.1 cm³/mol. The summed E-state index contributed by atoms with van der Waals surface area (Å²) in [6.07, 6.45) is 12.1. The van der Waals surface area contributed by atoms with E-state index < -0.39 is 0 Å². The van der Waals surface area contributed by atoms with Crippen molar-refractivity contribution in [1.82, 2.24) is 10.5 Å². The Labute approximate surface area is 75.6 Å². The minimum Gasteiger partial charge on any atom is -0.264 e. The Balaban J connectivity index is 2.16. The van der Waals surface area contributed by atoms with E-state index in [1.54, 1.807) is 0 Å². The van der Waals surface area contributed by atoms with Gasteiger partial charge in [-0.05, 0) is 17.7 Å². The summed E-state index contributed by atoms with van der Waals surface area (Å²) in [5.74, 6) is 0. The van der Waals surface area contributed by atoms with Crippen LogP contribution in [0.15, 0.2) is 58.2 Å². The fourth-order valence-corrected chi connectivity index (χ4v) is 1.70. The summed E-state index contributed by atoms with van der Waals surface area (Å²) in [5, 5.41) is 9.79. The van der Waals surface area contributed by atoms with Crippen molar-refractivity contribution in [1.29, 1.82) is 0 Å². The molecule has 2 heterocycles. The highest BCUT2D eigenvalue weighted by atomic mass is 15.7. The molecular weight excluding hydrogens is 164 g/mol. The minimum atomic E-state index is 0.201. The fraction of sp³-hybridized carbons (Fsp3) is 0.111. The van der Waals surface area contributed by atoms with Gasteiger partial charge in [0.05, 0.1) is 5.70 Å². The Kier molecular flexibility index (Phi) is 1.19. The van der Waals surface area contributed by atoms with Crippen molar-refractivity contribution in [3.8, 4) is 0 Å². The van der Waals surface area contributed by atoms with Gasteiger partial charge in [0.25, 0.3) is 0 Å². The van der Waals surface area contributed by atoms with Gasteiger partial charge in [-0.25, -0.2) is 0 Å². The molecule has 1 unspecified atom stereocenters. The summed E-state index contributed by atoms with van der Waals surface area (Å²) in [4.78, 5) is 0. The van der Waals surface area contributed by atoms with Crippen LogP contribution in [0.4, 0.5) is 0 Å². The van der Waals surface area contributed by atoms with Crippen molar-refractivity contribution in [2.75, 3.05) is 0 Å². The number of nitrogens with zero attached hydrogens (tertiary/aromatic N) is 3. The van der Waals surface area contributed by atoms with E-state index in [2.05, 4.69) is 28.0 Å². The number of allylic oxidation sites excluding steroid dienone is 4. The highest BCUT2D eigenvalue weighted by Gasteiger charge is 2.29. The van der Waals surface area contributed by atoms with Gasteiger partial charge in [-0.15, -0.1) is 5.11 Å². The van der Waals surface area contributed by atoms with Gasteiger partial charge in [-0.3, -0.25) is 5.01 Å². The van der Waals surface area contributed by atoms with Crippen molar-refractivity contribution >= 4 is 0 Å². The van der Waals surface area contributed by atoms with Crippen molar-refractivity contribution < 1.29 is 0 Å². The molecule has 0 saturated heterocycles. The van der Waals surface area contributed by atoms with E-state index in [0.29, 0.717) is 0 Å². The van der Waals surface area contributed by atoms with E-state index in [9.17, 15) is 0 Å². The third kappa shape index (κ3) is 0.853. The lowest BCUT2D eigenvalue weighted by Gasteiger charge is -2.35. The molecule has 3 rings (SSSR count). The van der Waals surface area contributed by atoms with Gasteiger partial charge in [-0.1, -0.05) is 23.5 Å². The summed E-state index contributed by atoms with van der Waals surface area (Å²) in [6, 6.07) is 0.201. The monoisotopic (exact) mass is 172 g/mol. The van der Waals surface area contributed by atoms with Gasteiger partial charge < -0.3 is 0 Å². The summed E-state index contributed by atoms with van der Waals surface area (Å²) in [5.41, 5.74) is 5.06. The molecule has 0 amide bonds. The van der Waals surface area contributed by atoms with E-state index in [4.69, 9.17) is 0 Å². The standard InChI is InChI=1S/C9H8N4/c1-3-7-4-2-6-13-9(7)8(5-1)10-11-12-13/h1-6,9H,(H,10,12). The number of hydrazine groups is 1. The van der Waals surface area contributed by atoms with E-state index >= 15 is 0 Å². The molecule has 4 nitrogen and oxygen atoms in total. The number of nitrogens with one attached hydrogen (secondary N) is 1. The maximum atomic E-state index is 4.04. The number of hydrogen-bond acceptors (Lipinski definition) is 4. The Hall–Kier alpha value is -1.84. The molecule has 1 atom stereocenters. The summed E-state index contributed by atoms with van der Waals surface area (Å²) >= 11 is 0. The highest BCUT2D eigenvalue weighted by Crippen LogP contribution is 2.29. The summed E-state index contributed by atoms with van der Waals surface area (Å²) in [6.45, 7) is 0. The number of hydrogen-bond donors (Lipinski definition) is 1. The van der Waals surface area contributed by atoms with Gasteiger partial charge in [0.15, 0.2) is 0 Å². The molecule has 0 bridgehead atoms. The molecule has 0 saturated carbocycles. The molecule has 13 heavy (non-hydrogen) atoms. The van der Waals surface area contributed by atoms with Crippen LogP contribution < -0.4 is 5.53 Å². The average molecular weight is 172 g/mol. The lowest BCUT2D eigenvalue weighted by molar-refractivity contribution is 0.213. The third-order valence-electron chi connectivity index (χ3n) is 2.29. The van der Waals surface area contributed by atoms with Crippen LogP contribution in [0.5, 0.6) is 0 Å². The molecule has 0 aromatic carbocycles. The lowest BCUT2D eigenvalue weighted by atomic mass is 9.96. The van der Waals surface area contributed by atoms with E-state index in [-0.39, 0.29) is 6.04 Å². The molecular formula is C9H8N4. The van der Waals surface area contributed by atoms with Crippen LogP contribution in [0.25, 0.3) is 0 Å². The zero-order valence-electron chi connectivity index (χ0n) is 6.88. The third-order valence-corrected chi connectivity index (χ3v) is 2.29. The Bertz CT molecular complexity index is 386. The molecule has 0 fully saturated rings. The van der Waals surface area contributed by atoms with Crippen LogP contribution in [0.3, 0.4) is 0 Å². The lowest BCUT2D eigenvalue weighted by Crippen LogP contribution is -2.44. The summed E-state index contributed by atoms with van der Waals surface area (Å²) in [7, 11) is 0. The minimum absolute atomic E-state index is 0.201. The first kappa shape index (κ1) is 6.65. The first-order valence-electron chi connectivity index (χ1n) is 4.16. The van der Waals surface area contributed by atoms with Crippen molar-refractivity contribution in [2.45, 2.75) is 6.04 Å². The molecule has 0 aromatic rings. The second-order valence-corrected chi connectivity index (χ2v) is 3.07. The normalized spacial score (nSPS) is 27.7. The number of rotatable bonds is 0. The first-order valence-corrected chi connectivity index (χ1v) is 4.16. The fourth-order valence-electron chi connectivity index (χ4n) is 1.70. The van der Waals surface area contributed by atoms with Gasteiger partial charge in [0.1, 0.15) is 6.04 Å². The van der Waals surface area contributed by atoms with Crippen LogP contribution in [0.1, 0.15) is 0 Å². The Morgan fingerprint density at radius 2 is 2.31 bits per heavy atom. The van der Waals surface area contributed by atoms with Crippen molar-refractivity contribution in [3.05, 3.63) is 47.9 Å². The molecule has 0 spiro atoms. The van der Waals surface area contributed by atoms with E-state index in [1.807, 2.05) is 29.4 Å². The molecule has 4 heteroatoms. The molecule has 0 aromatic heterocycles. The Morgan fingerprint density at radius 3 is 3.31 bits per heavy atom. The van der Waals surface area contributed by atoms with Crippen molar-refractivity contribution in [2.24, 2.45) is 10.3 Å². The molecule has 64 valence electrons. The molecule has 0 radical (unpaired) electrons. The average Bonchev–Trinajstić information content (AvgIpc) is 2.19. The zero-order chi connectivity index (χ0) is 8.67. The van der Waals surface area contributed by atoms with Gasteiger partial charge in [-0.2, -0.15) is 5.53 Å². The second kappa shape index (κ2) is 2.32. The van der Waals surface area contributed by atoms with E-state index in [1.165, 1.54) is 5.57 Å². The maximum absolute atomic E-state index is 4.04. The van der Waals surface area contributed by atoms with Gasteiger partial charge in [0, 0.05) is 6.20 Å². The van der Waals surface area contributed by atoms with Crippen LogP contribution in [0.2, 0.25) is 0 Å². The van der Waals surface area contributed by atoms with Crippen LogP contribution in [0, 0.1) is 0 Å². The topological polar surface area (TPSA) is 40.0 Å². The Morgan fingerprint density at radius 1 is 1.31 bits per heavy atom. The maximum Gasteiger partial charge on any atom is 0.120 e. The molecule has 3 aliphatic rings. The van der Waals surface area contributed by atoms with Crippen LogP contribution >= 0.6 is 0 Å². The smallest absolute Gasteiger partial charge is 0.120 e. The zero-order valence-corrected chi connectivity index (χ0v) is 6.88. The SMILES string of the molecule is C1=CC2=CC=CN3NN=NC(=C1)C23. The van der Waals surface area contributed by atoms with E-state index in [0.717, 1.165) is 5.70 Å². The largest absolute Gasteiger partial charge is 0.264 e. The molecule has 1 N–H and O–H groups in total. The predicted octanol–water partition coefficient (Wildman–Crippen LogP) is 1.45. The molecule has 1 aliphatic carbocycles. The molecule has 2 aliphatic heterocycles. The van der Waals surface area contributed by atoms with Crippen LogP contribution in [-0.4, -0.2) is 11.1 Å². The highest BCUT2D eigenvalue weighted by molar-refractivity contribution is 5.45. The van der Waals surface area contributed by atoms with Crippen LogP contribution in [-0.2, 0) is 0 Å². The van der Waals surface area contributed by atoms with Crippen molar-refractivity contribution in [3.63, 3.8) is 0 Å². The first-order chi connectivity index (χ1) is 6.45. The van der Waals surface area contributed by atoms with Gasteiger partial charge >= 0.3 is 0 Å². The second-order valence-electron chi connectivity index (χ2n) is 3.07. The van der Waals surface area contributed by atoms with Gasteiger partial charge in [0.2, 0.25) is 0 Å². The summed E-state index contributed by atoms with van der Waals surface area (Å²) < 4.78 is 0. The quantitative estimate of drug-likeness (QED) is 0.600.